The summed E-state index contributed by atoms with van der Waals surface area (Å²) in [7, 11) is 0. The number of esters is 1. The van der Waals surface area contributed by atoms with E-state index in [0.717, 1.165) is 16.7 Å². The molecule has 0 unspecified atom stereocenters. The maximum atomic E-state index is 12.4. The number of aromatic nitrogens is 2. The molecule has 2 aromatic rings. The highest BCUT2D eigenvalue weighted by Gasteiger charge is 2.28. The molecule has 1 aromatic heterocycles. The third kappa shape index (κ3) is 5.13. The van der Waals surface area contributed by atoms with Gasteiger partial charge in [0.2, 0.25) is 11.8 Å². The minimum atomic E-state index is -0.159. The van der Waals surface area contributed by atoms with Gasteiger partial charge >= 0.3 is 5.97 Å². The second-order valence-corrected chi connectivity index (χ2v) is 7.87. The number of piperidine rings is 1. The summed E-state index contributed by atoms with van der Waals surface area (Å²) in [6, 6.07) is 6.07. The second-order valence-electron chi connectivity index (χ2n) is 6.95. The van der Waals surface area contributed by atoms with Crippen molar-refractivity contribution in [2.24, 2.45) is 5.92 Å². The molecule has 0 N–H and O–H groups in total. The van der Waals surface area contributed by atoms with Gasteiger partial charge in [-0.3, -0.25) is 9.59 Å². The van der Waals surface area contributed by atoms with E-state index in [1.54, 1.807) is 11.8 Å². The third-order valence-corrected chi connectivity index (χ3v) is 5.47. The molecule has 1 saturated heterocycles. The number of benzene rings is 1. The number of carbonyl (C=O) groups excluding carboxylic acids is 2. The Labute approximate surface area is 168 Å². The number of hydrogen-bond donors (Lipinski definition) is 0. The molecule has 1 aromatic carbocycles. The van der Waals surface area contributed by atoms with Crippen molar-refractivity contribution in [3.8, 4) is 11.5 Å². The Morgan fingerprint density at radius 3 is 2.50 bits per heavy atom. The van der Waals surface area contributed by atoms with E-state index in [2.05, 4.69) is 16.3 Å². The van der Waals surface area contributed by atoms with Gasteiger partial charge in [-0.25, -0.2) is 0 Å². The van der Waals surface area contributed by atoms with E-state index in [4.69, 9.17) is 9.15 Å². The van der Waals surface area contributed by atoms with Gasteiger partial charge in [0.05, 0.1) is 18.3 Å². The van der Waals surface area contributed by atoms with Gasteiger partial charge in [-0.1, -0.05) is 29.0 Å². The summed E-state index contributed by atoms with van der Waals surface area (Å²) in [5, 5.41) is 8.51. The smallest absolute Gasteiger partial charge is 0.309 e. The maximum absolute atomic E-state index is 12.4. The second kappa shape index (κ2) is 9.23. The molecule has 1 fully saturated rings. The van der Waals surface area contributed by atoms with Crippen LogP contribution in [0, 0.1) is 19.8 Å². The zero-order valence-corrected chi connectivity index (χ0v) is 17.3. The van der Waals surface area contributed by atoms with Crippen molar-refractivity contribution in [1.29, 1.82) is 0 Å². The van der Waals surface area contributed by atoms with Crippen LogP contribution in [0.2, 0.25) is 0 Å². The molecule has 1 amide bonds. The summed E-state index contributed by atoms with van der Waals surface area (Å²) in [6.07, 6.45) is 1.29. The van der Waals surface area contributed by atoms with Crippen molar-refractivity contribution in [2.45, 2.75) is 38.8 Å². The SMILES string of the molecule is CCOC(=O)C1CCN(C(=O)CSc2nnc(-c3cc(C)cc(C)c3)o2)CC1. The van der Waals surface area contributed by atoms with Crippen LogP contribution in [-0.4, -0.2) is 52.4 Å². The quantitative estimate of drug-likeness (QED) is 0.540. The minimum Gasteiger partial charge on any atom is -0.466 e. The molecular weight excluding hydrogens is 378 g/mol. The van der Waals surface area contributed by atoms with Crippen LogP contribution in [0.25, 0.3) is 11.5 Å². The van der Waals surface area contributed by atoms with Gasteiger partial charge in [-0.15, -0.1) is 10.2 Å². The Balaban J connectivity index is 1.50. The number of aryl methyl sites for hydroxylation is 2. The number of rotatable bonds is 6. The van der Waals surface area contributed by atoms with E-state index >= 15 is 0 Å². The molecule has 0 radical (unpaired) electrons. The third-order valence-electron chi connectivity index (χ3n) is 4.66. The molecule has 3 rings (SSSR count). The van der Waals surface area contributed by atoms with Crippen molar-refractivity contribution >= 4 is 23.6 Å². The van der Waals surface area contributed by atoms with E-state index in [9.17, 15) is 9.59 Å². The average molecular weight is 404 g/mol. The van der Waals surface area contributed by atoms with E-state index in [-0.39, 0.29) is 23.5 Å². The van der Waals surface area contributed by atoms with Crippen LogP contribution in [0.1, 0.15) is 30.9 Å². The first-order chi connectivity index (χ1) is 13.5. The Bertz CT molecular complexity index is 823. The van der Waals surface area contributed by atoms with Crippen LogP contribution >= 0.6 is 11.8 Å². The highest BCUT2D eigenvalue weighted by Crippen LogP contribution is 2.26. The van der Waals surface area contributed by atoms with Crippen molar-refractivity contribution in [1.82, 2.24) is 15.1 Å². The number of carbonyl (C=O) groups is 2. The first-order valence-electron chi connectivity index (χ1n) is 9.45. The number of nitrogens with zero attached hydrogens (tertiary/aromatic N) is 3. The lowest BCUT2D eigenvalue weighted by atomic mass is 9.97. The lowest BCUT2D eigenvalue weighted by Gasteiger charge is -2.30. The molecule has 150 valence electrons. The summed E-state index contributed by atoms with van der Waals surface area (Å²) in [6.45, 7) is 7.37. The molecule has 0 aliphatic carbocycles. The van der Waals surface area contributed by atoms with Crippen LogP contribution in [-0.2, 0) is 14.3 Å². The normalized spacial score (nSPS) is 14.9. The lowest BCUT2D eigenvalue weighted by Crippen LogP contribution is -2.41. The molecule has 0 saturated carbocycles. The van der Waals surface area contributed by atoms with Gasteiger partial charge in [0, 0.05) is 18.7 Å². The minimum absolute atomic E-state index is 0.0125. The molecule has 8 heteroatoms. The summed E-state index contributed by atoms with van der Waals surface area (Å²) in [5.74, 6) is 0.440. The van der Waals surface area contributed by atoms with Crippen LogP contribution in [0.4, 0.5) is 0 Å². The summed E-state index contributed by atoms with van der Waals surface area (Å²) in [4.78, 5) is 26.0. The standard InChI is InChI=1S/C20H25N3O4S/c1-4-26-19(25)15-5-7-23(8-6-15)17(24)12-28-20-22-21-18(27-20)16-10-13(2)9-14(3)11-16/h9-11,15H,4-8,12H2,1-3H3. The summed E-state index contributed by atoms with van der Waals surface area (Å²) < 4.78 is 10.8. The van der Waals surface area contributed by atoms with Crippen molar-refractivity contribution in [2.75, 3.05) is 25.4 Å². The molecular formula is C20H25N3O4S. The molecule has 7 nitrogen and oxygen atoms in total. The van der Waals surface area contributed by atoms with Crippen LogP contribution in [0.15, 0.2) is 27.8 Å². The largest absolute Gasteiger partial charge is 0.466 e. The molecule has 0 spiro atoms. The maximum Gasteiger partial charge on any atom is 0.309 e. The Morgan fingerprint density at radius 1 is 1.18 bits per heavy atom. The fourth-order valence-corrected chi connectivity index (χ4v) is 3.99. The first kappa shape index (κ1) is 20.4. The zero-order valence-electron chi connectivity index (χ0n) is 16.4. The molecule has 1 aliphatic heterocycles. The molecule has 0 atom stereocenters. The molecule has 0 bridgehead atoms. The first-order valence-corrected chi connectivity index (χ1v) is 10.4. The molecule has 2 heterocycles. The predicted octanol–water partition coefficient (Wildman–Crippen LogP) is 3.25. The van der Waals surface area contributed by atoms with Gasteiger partial charge < -0.3 is 14.1 Å². The van der Waals surface area contributed by atoms with Gasteiger partial charge in [-0.2, -0.15) is 0 Å². The van der Waals surface area contributed by atoms with Gasteiger partial charge in [0.1, 0.15) is 0 Å². The topological polar surface area (TPSA) is 85.5 Å². The number of likely N-dealkylation sites (tertiary alicyclic amines) is 1. The van der Waals surface area contributed by atoms with E-state index in [0.29, 0.717) is 43.7 Å². The number of thioether (sulfide) groups is 1. The lowest BCUT2D eigenvalue weighted by molar-refractivity contribution is -0.151. The highest BCUT2D eigenvalue weighted by atomic mass is 32.2. The van der Waals surface area contributed by atoms with Gasteiger partial charge in [0.25, 0.3) is 5.22 Å². The number of hydrogen-bond acceptors (Lipinski definition) is 7. The number of amides is 1. The van der Waals surface area contributed by atoms with Crippen molar-refractivity contribution in [3.63, 3.8) is 0 Å². The Morgan fingerprint density at radius 2 is 1.86 bits per heavy atom. The van der Waals surface area contributed by atoms with Gasteiger partial charge in [-0.05, 0) is 45.7 Å². The van der Waals surface area contributed by atoms with E-state index in [1.807, 2.05) is 26.0 Å². The fraction of sp³-hybridized carbons (Fsp3) is 0.500. The van der Waals surface area contributed by atoms with Gasteiger partial charge in [0.15, 0.2) is 0 Å². The number of ether oxygens (including phenoxy) is 1. The average Bonchev–Trinajstić information content (AvgIpc) is 3.15. The summed E-state index contributed by atoms with van der Waals surface area (Å²) in [5.41, 5.74) is 3.14. The predicted molar refractivity (Wildman–Crippen MR) is 106 cm³/mol. The van der Waals surface area contributed by atoms with Crippen molar-refractivity contribution < 1.29 is 18.7 Å². The zero-order chi connectivity index (χ0) is 20.1. The van der Waals surface area contributed by atoms with Crippen molar-refractivity contribution in [3.05, 3.63) is 29.3 Å². The highest BCUT2D eigenvalue weighted by molar-refractivity contribution is 7.99. The van der Waals surface area contributed by atoms with Crippen LogP contribution < -0.4 is 0 Å². The van der Waals surface area contributed by atoms with E-state index in [1.165, 1.54) is 11.8 Å². The van der Waals surface area contributed by atoms with Crippen LogP contribution in [0.5, 0.6) is 0 Å². The Kier molecular flexibility index (Phi) is 6.72. The van der Waals surface area contributed by atoms with E-state index < -0.39 is 0 Å². The molecule has 1 aliphatic rings. The fourth-order valence-electron chi connectivity index (χ4n) is 3.32. The summed E-state index contributed by atoms with van der Waals surface area (Å²) >= 11 is 1.24. The Hall–Kier alpha value is -2.35. The monoisotopic (exact) mass is 403 g/mol. The van der Waals surface area contributed by atoms with Crippen LogP contribution in [0.3, 0.4) is 0 Å². The molecule has 28 heavy (non-hydrogen) atoms.